The second-order valence-electron chi connectivity index (χ2n) is 9.39. The quantitative estimate of drug-likeness (QED) is 0.181. The van der Waals surface area contributed by atoms with Gasteiger partial charge in [0, 0.05) is 17.2 Å². The third kappa shape index (κ3) is 5.41. The summed E-state index contributed by atoms with van der Waals surface area (Å²) in [4.78, 5) is 12.8. The number of halogens is 4. The Labute approximate surface area is 213 Å². The number of unbranched alkanes of at least 4 members (excludes halogenated alkanes) is 1. The third-order valence-corrected chi connectivity index (χ3v) is 7.07. The maximum Gasteiger partial charge on any atom is 0.417 e. The van der Waals surface area contributed by atoms with E-state index < -0.39 is 28.8 Å². The number of fused-ring (bicyclic) bond motifs is 1. The van der Waals surface area contributed by atoms with E-state index in [-0.39, 0.29) is 51.4 Å². The normalized spacial score (nSPS) is 13.7. The summed E-state index contributed by atoms with van der Waals surface area (Å²) in [6, 6.07) is 0.922. The van der Waals surface area contributed by atoms with Crippen molar-refractivity contribution < 1.29 is 22.3 Å². The van der Waals surface area contributed by atoms with Crippen molar-refractivity contribution in [1.29, 1.82) is 0 Å². The summed E-state index contributed by atoms with van der Waals surface area (Å²) in [5.41, 5.74) is 16.4. The maximum absolute atomic E-state index is 16.1. The van der Waals surface area contributed by atoms with E-state index in [1.54, 1.807) is 0 Å². The highest BCUT2D eigenvalue weighted by Crippen LogP contribution is 2.45. The molecule has 2 unspecified atom stereocenters. The Morgan fingerprint density at radius 3 is 2.30 bits per heavy atom. The van der Waals surface area contributed by atoms with E-state index >= 15 is 4.39 Å². The van der Waals surface area contributed by atoms with Gasteiger partial charge in [-0.1, -0.05) is 26.7 Å². The Bertz CT molecular complexity index is 1300. The first-order valence-corrected chi connectivity index (χ1v) is 12.2. The van der Waals surface area contributed by atoms with Crippen LogP contribution in [0.3, 0.4) is 0 Å². The molecule has 0 amide bonds. The molecule has 2 heterocycles. The molecule has 6 N–H and O–H groups in total. The second-order valence-corrected chi connectivity index (χ2v) is 9.39. The molecule has 37 heavy (non-hydrogen) atoms. The molecule has 202 valence electrons. The molecule has 7 nitrogen and oxygen atoms in total. The molecular formula is C26H34F4N6O. The van der Waals surface area contributed by atoms with Gasteiger partial charge in [-0.2, -0.15) is 23.1 Å². The number of ether oxygens (including phenoxy) is 1. The maximum atomic E-state index is 16.1. The number of pyridine rings is 1. The first kappa shape index (κ1) is 28.4. The number of methoxy groups -OCH3 is 1. The van der Waals surface area contributed by atoms with Crippen LogP contribution >= 0.6 is 0 Å². The fraction of sp³-hybridized carbons (Fsp3) is 0.500. The molecule has 0 saturated heterocycles. The molecule has 1 aromatic carbocycles. The Kier molecular flexibility index (Phi) is 8.46. The van der Waals surface area contributed by atoms with Crippen LogP contribution in [-0.2, 0) is 6.18 Å². The highest BCUT2D eigenvalue weighted by Gasteiger charge is 2.38. The molecule has 11 heteroatoms. The zero-order valence-electron chi connectivity index (χ0n) is 21.8. The van der Waals surface area contributed by atoms with Crippen LogP contribution in [0.4, 0.5) is 29.1 Å². The van der Waals surface area contributed by atoms with Crippen molar-refractivity contribution in [2.75, 3.05) is 25.1 Å². The number of benzene rings is 1. The number of hydrogen-bond acceptors (Lipinski definition) is 7. The van der Waals surface area contributed by atoms with E-state index in [9.17, 15) is 13.2 Å². The minimum absolute atomic E-state index is 0.0546. The third-order valence-electron chi connectivity index (χ3n) is 7.07. The molecule has 2 atom stereocenters. The number of nitrogens with two attached hydrogens (primary N) is 3. The summed E-state index contributed by atoms with van der Waals surface area (Å²) >= 11 is 0. The van der Waals surface area contributed by atoms with E-state index in [1.807, 2.05) is 13.8 Å². The second kappa shape index (κ2) is 11.0. The summed E-state index contributed by atoms with van der Waals surface area (Å²) in [7, 11) is 1.29. The SMILES string of the molecule is CCC(c1nc(-c2cc(N)c(C)c(C)c2C(F)(F)F)c(F)c2nc(OC)nc(N)c12)C(C)CCCCN. The highest BCUT2D eigenvalue weighted by atomic mass is 19.4. The number of hydrogen-bond donors (Lipinski definition) is 3. The topological polar surface area (TPSA) is 126 Å². The van der Waals surface area contributed by atoms with Crippen molar-refractivity contribution >= 4 is 22.4 Å². The zero-order chi connectivity index (χ0) is 27.7. The van der Waals surface area contributed by atoms with Crippen molar-refractivity contribution in [1.82, 2.24) is 15.0 Å². The number of alkyl halides is 3. The number of rotatable bonds is 9. The van der Waals surface area contributed by atoms with E-state index in [0.29, 0.717) is 18.7 Å². The summed E-state index contributed by atoms with van der Waals surface area (Å²) in [6.07, 6.45) is -1.69. The number of nitrogen functional groups attached to an aromatic ring is 2. The zero-order valence-corrected chi connectivity index (χ0v) is 21.8. The van der Waals surface area contributed by atoms with E-state index in [0.717, 1.165) is 25.3 Å². The highest BCUT2D eigenvalue weighted by molar-refractivity contribution is 5.94. The van der Waals surface area contributed by atoms with Crippen LogP contribution in [0.15, 0.2) is 6.07 Å². The molecular weight excluding hydrogens is 488 g/mol. The Hall–Kier alpha value is -3.21. The van der Waals surface area contributed by atoms with Crippen LogP contribution < -0.4 is 21.9 Å². The van der Waals surface area contributed by atoms with Gasteiger partial charge >= 0.3 is 12.2 Å². The number of anilines is 2. The Morgan fingerprint density at radius 2 is 1.73 bits per heavy atom. The van der Waals surface area contributed by atoms with E-state index in [2.05, 4.69) is 15.0 Å². The van der Waals surface area contributed by atoms with Crippen LogP contribution in [-0.4, -0.2) is 28.6 Å². The van der Waals surface area contributed by atoms with Crippen LogP contribution in [0, 0.1) is 25.6 Å². The molecule has 0 aliphatic heterocycles. The van der Waals surface area contributed by atoms with Crippen molar-refractivity contribution in [3.8, 4) is 17.3 Å². The first-order chi connectivity index (χ1) is 17.4. The van der Waals surface area contributed by atoms with Gasteiger partial charge < -0.3 is 21.9 Å². The lowest BCUT2D eigenvalue weighted by Crippen LogP contribution is -2.17. The molecule has 2 aromatic heterocycles. The van der Waals surface area contributed by atoms with Crippen LogP contribution in [0.2, 0.25) is 0 Å². The minimum Gasteiger partial charge on any atom is -0.467 e. The standard InChI is InChI=1S/C26H34F4N6O/c1-6-15(12(2)9-7-8-10-31)21-18-23(35-25(37-5)36-24(18)33)20(27)22(34-21)16-11-17(32)13(3)14(4)19(16)26(28,29)30/h11-12,15H,6-10,31-32H2,1-5H3,(H2,33,35,36). The molecule has 0 spiro atoms. The van der Waals surface area contributed by atoms with Gasteiger partial charge in [0.05, 0.1) is 23.8 Å². The van der Waals surface area contributed by atoms with Crippen molar-refractivity contribution in [2.24, 2.45) is 11.7 Å². The lowest BCUT2D eigenvalue weighted by molar-refractivity contribution is -0.137. The number of nitrogens with zero attached hydrogens (tertiary/aromatic N) is 3. The molecule has 0 saturated carbocycles. The number of aromatic nitrogens is 3. The first-order valence-electron chi connectivity index (χ1n) is 12.2. The lowest BCUT2D eigenvalue weighted by Gasteiger charge is -2.26. The molecule has 3 aromatic rings. The smallest absolute Gasteiger partial charge is 0.417 e. The van der Waals surface area contributed by atoms with Gasteiger partial charge in [0.15, 0.2) is 5.82 Å². The van der Waals surface area contributed by atoms with Gasteiger partial charge in [-0.05, 0) is 56.3 Å². The largest absolute Gasteiger partial charge is 0.467 e. The van der Waals surface area contributed by atoms with Crippen LogP contribution in [0.5, 0.6) is 6.01 Å². The van der Waals surface area contributed by atoms with Gasteiger partial charge in [0.1, 0.15) is 17.0 Å². The van der Waals surface area contributed by atoms with Crippen molar-refractivity contribution in [3.63, 3.8) is 0 Å². The van der Waals surface area contributed by atoms with Gasteiger partial charge in [0.25, 0.3) is 0 Å². The molecule has 0 bridgehead atoms. The van der Waals surface area contributed by atoms with Crippen molar-refractivity contribution in [2.45, 2.75) is 65.5 Å². The van der Waals surface area contributed by atoms with Crippen LogP contribution in [0.1, 0.15) is 67.8 Å². The predicted molar refractivity (Wildman–Crippen MR) is 138 cm³/mol. The van der Waals surface area contributed by atoms with Gasteiger partial charge in [-0.25, -0.2) is 9.37 Å². The summed E-state index contributed by atoms with van der Waals surface area (Å²) in [6.45, 7) is 7.33. The van der Waals surface area contributed by atoms with E-state index in [1.165, 1.54) is 21.0 Å². The van der Waals surface area contributed by atoms with E-state index in [4.69, 9.17) is 21.9 Å². The fourth-order valence-electron chi connectivity index (χ4n) is 4.91. The summed E-state index contributed by atoms with van der Waals surface area (Å²) < 4.78 is 64.1. The average Bonchev–Trinajstić information content (AvgIpc) is 2.83. The minimum atomic E-state index is -4.77. The van der Waals surface area contributed by atoms with Crippen molar-refractivity contribution in [3.05, 3.63) is 34.3 Å². The Morgan fingerprint density at radius 1 is 1.05 bits per heavy atom. The molecule has 0 fully saturated rings. The monoisotopic (exact) mass is 522 g/mol. The predicted octanol–water partition coefficient (Wildman–Crippen LogP) is 5.90. The lowest BCUT2D eigenvalue weighted by atomic mass is 9.83. The van der Waals surface area contributed by atoms with Gasteiger partial charge in [-0.15, -0.1) is 0 Å². The fourth-order valence-corrected chi connectivity index (χ4v) is 4.91. The summed E-state index contributed by atoms with van der Waals surface area (Å²) in [5.74, 6) is -1.31. The van der Waals surface area contributed by atoms with Gasteiger partial charge in [-0.3, -0.25) is 0 Å². The summed E-state index contributed by atoms with van der Waals surface area (Å²) in [5, 5.41) is 0.171. The van der Waals surface area contributed by atoms with Crippen LogP contribution in [0.25, 0.3) is 22.2 Å². The average molecular weight is 523 g/mol. The molecule has 0 aliphatic carbocycles. The molecule has 0 aliphatic rings. The van der Waals surface area contributed by atoms with Gasteiger partial charge in [0.2, 0.25) is 0 Å². The molecule has 0 radical (unpaired) electrons. The Balaban J connectivity index is 2.44. The molecule has 3 rings (SSSR count).